The molecule has 1 unspecified atom stereocenters. The van der Waals surface area contributed by atoms with E-state index in [9.17, 15) is 9.59 Å². The maximum Gasteiger partial charge on any atom is 0.257 e. The summed E-state index contributed by atoms with van der Waals surface area (Å²) in [6, 6.07) is 1.09. The molecule has 0 aromatic carbocycles. The molecule has 1 aliphatic heterocycles. The van der Waals surface area contributed by atoms with Gasteiger partial charge in [0.1, 0.15) is 11.4 Å². The summed E-state index contributed by atoms with van der Waals surface area (Å²) in [6.45, 7) is 2.73. The molecule has 7 nitrogen and oxygen atoms in total. The van der Waals surface area contributed by atoms with Crippen LogP contribution in [0.2, 0.25) is 0 Å². The minimum absolute atomic E-state index is 0.132. The summed E-state index contributed by atoms with van der Waals surface area (Å²) in [5.41, 5.74) is -0.155. The second-order valence-corrected chi connectivity index (χ2v) is 5.31. The lowest BCUT2D eigenvalue weighted by Crippen LogP contribution is -2.32. The number of aryl methyl sites for hydroxylation is 2. The Morgan fingerprint density at radius 2 is 2.24 bits per heavy atom. The molecule has 0 saturated carbocycles. The van der Waals surface area contributed by atoms with E-state index in [1.165, 1.54) is 12.3 Å². The van der Waals surface area contributed by atoms with Crippen molar-refractivity contribution in [2.45, 2.75) is 32.4 Å². The first-order valence-corrected chi connectivity index (χ1v) is 6.95. The van der Waals surface area contributed by atoms with Crippen LogP contribution in [0.5, 0.6) is 0 Å². The van der Waals surface area contributed by atoms with Crippen LogP contribution in [0.1, 0.15) is 41.4 Å². The zero-order valence-electron chi connectivity index (χ0n) is 12.0. The van der Waals surface area contributed by atoms with Crippen LogP contribution in [0, 0.1) is 0 Å². The van der Waals surface area contributed by atoms with Gasteiger partial charge in [0.25, 0.3) is 5.91 Å². The maximum atomic E-state index is 12.2. The number of pyridine rings is 1. The van der Waals surface area contributed by atoms with Gasteiger partial charge in [-0.1, -0.05) is 0 Å². The van der Waals surface area contributed by atoms with Gasteiger partial charge in [-0.25, -0.2) is 0 Å². The van der Waals surface area contributed by atoms with Crippen LogP contribution in [0.3, 0.4) is 0 Å². The molecule has 21 heavy (non-hydrogen) atoms. The average molecular weight is 287 g/mol. The molecule has 0 radical (unpaired) electrons. The summed E-state index contributed by atoms with van der Waals surface area (Å²) in [4.78, 5) is 24.0. The Morgan fingerprint density at radius 3 is 3.05 bits per heavy atom. The number of amides is 1. The standard InChI is InChI=1S/C14H17N5O2/c1-9(13-17-16-12-4-3-6-19(12)13)15-14(21)10-8-18(2)7-5-11(10)20/h5,7-9H,3-4,6H2,1-2H3,(H,15,21). The molecule has 0 bridgehead atoms. The van der Waals surface area contributed by atoms with Gasteiger partial charge < -0.3 is 14.5 Å². The smallest absolute Gasteiger partial charge is 0.257 e. The number of nitrogens with zero attached hydrogens (tertiary/aromatic N) is 4. The maximum absolute atomic E-state index is 12.2. The normalized spacial score (nSPS) is 14.8. The summed E-state index contributed by atoms with van der Waals surface area (Å²) in [5, 5.41) is 11.1. The summed E-state index contributed by atoms with van der Waals surface area (Å²) < 4.78 is 3.71. The van der Waals surface area contributed by atoms with Gasteiger partial charge in [-0.05, 0) is 13.3 Å². The molecule has 110 valence electrons. The number of carbonyl (C=O) groups excluding carboxylic acids is 1. The molecule has 0 fully saturated rings. The molecule has 7 heteroatoms. The molecule has 0 aliphatic carbocycles. The Bertz CT molecular complexity index is 746. The van der Waals surface area contributed by atoms with Crippen molar-refractivity contribution in [2.75, 3.05) is 0 Å². The summed E-state index contributed by atoms with van der Waals surface area (Å²) in [7, 11) is 1.77. The van der Waals surface area contributed by atoms with E-state index in [0.29, 0.717) is 0 Å². The number of hydrogen-bond donors (Lipinski definition) is 1. The highest BCUT2D eigenvalue weighted by atomic mass is 16.2. The van der Waals surface area contributed by atoms with Gasteiger partial charge in [-0.15, -0.1) is 10.2 Å². The largest absolute Gasteiger partial charge is 0.356 e. The number of aromatic nitrogens is 4. The van der Waals surface area contributed by atoms with E-state index in [1.807, 2.05) is 11.5 Å². The number of hydrogen-bond acceptors (Lipinski definition) is 4. The number of carbonyl (C=O) groups is 1. The van der Waals surface area contributed by atoms with E-state index in [0.717, 1.165) is 31.0 Å². The number of rotatable bonds is 3. The lowest BCUT2D eigenvalue weighted by atomic mass is 10.2. The van der Waals surface area contributed by atoms with Gasteiger partial charge >= 0.3 is 0 Å². The van der Waals surface area contributed by atoms with Crippen LogP contribution >= 0.6 is 0 Å². The minimum atomic E-state index is -0.390. The first-order valence-electron chi connectivity index (χ1n) is 6.95. The molecule has 2 aromatic rings. The van der Waals surface area contributed by atoms with Crippen molar-refractivity contribution in [3.8, 4) is 0 Å². The second kappa shape index (κ2) is 5.16. The van der Waals surface area contributed by atoms with Crippen molar-refractivity contribution >= 4 is 5.91 Å². The molecule has 1 N–H and O–H groups in total. The third-order valence-electron chi connectivity index (χ3n) is 3.68. The van der Waals surface area contributed by atoms with Crippen molar-refractivity contribution < 1.29 is 4.79 Å². The monoisotopic (exact) mass is 287 g/mol. The molecule has 2 aromatic heterocycles. The van der Waals surface area contributed by atoms with Gasteiger partial charge in [0.05, 0.1) is 6.04 Å². The van der Waals surface area contributed by atoms with Gasteiger partial charge in [0, 0.05) is 38.5 Å². The van der Waals surface area contributed by atoms with Gasteiger partial charge in [0.15, 0.2) is 11.3 Å². The highest BCUT2D eigenvalue weighted by molar-refractivity contribution is 5.93. The van der Waals surface area contributed by atoms with Gasteiger partial charge in [0.2, 0.25) is 0 Å². The van der Waals surface area contributed by atoms with Crippen molar-refractivity contribution in [3.05, 3.63) is 45.9 Å². The van der Waals surface area contributed by atoms with Crippen LogP contribution in [-0.2, 0) is 20.0 Å². The van der Waals surface area contributed by atoms with E-state index in [-0.39, 0.29) is 22.9 Å². The van der Waals surface area contributed by atoms with Crippen molar-refractivity contribution in [1.29, 1.82) is 0 Å². The van der Waals surface area contributed by atoms with Gasteiger partial charge in [-0.2, -0.15) is 0 Å². The number of nitrogens with one attached hydrogen (secondary N) is 1. The van der Waals surface area contributed by atoms with E-state index in [4.69, 9.17) is 0 Å². The van der Waals surface area contributed by atoms with E-state index in [2.05, 4.69) is 15.5 Å². The molecule has 1 amide bonds. The molecule has 1 aliphatic rings. The predicted octanol–water partition coefficient (Wildman–Crippen LogP) is 0.414. The molecule has 1 atom stereocenters. The minimum Gasteiger partial charge on any atom is -0.356 e. The third-order valence-corrected chi connectivity index (χ3v) is 3.68. The zero-order valence-corrected chi connectivity index (χ0v) is 12.0. The molecule has 0 saturated heterocycles. The Morgan fingerprint density at radius 1 is 1.43 bits per heavy atom. The van der Waals surface area contributed by atoms with Crippen LogP contribution in [0.15, 0.2) is 23.3 Å². The number of fused-ring (bicyclic) bond motifs is 1. The first kappa shape index (κ1) is 13.5. The summed E-state index contributed by atoms with van der Waals surface area (Å²) in [5.74, 6) is 1.31. The van der Waals surface area contributed by atoms with Crippen molar-refractivity contribution in [1.82, 2.24) is 24.6 Å². The zero-order chi connectivity index (χ0) is 15.0. The van der Waals surface area contributed by atoms with E-state index in [1.54, 1.807) is 17.8 Å². The highest BCUT2D eigenvalue weighted by Crippen LogP contribution is 2.18. The molecule has 3 heterocycles. The fraction of sp³-hybridized carbons (Fsp3) is 0.429. The Kier molecular flexibility index (Phi) is 3.32. The Balaban J connectivity index is 1.81. The molecule has 3 rings (SSSR count). The van der Waals surface area contributed by atoms with Crippen LogP contribution in [-0.4, -0.2) is 25.2 Å². The van der Waals surface area contributed by atoms with Crippen LogP contribution in [0.4, 0.5) is 0 Å². The Labute approximate surface area is 121 Å². The van der Waals surface area contributed by atoms with Crippen molar-refractivity contribution in [2.24, 2.45) is 7.05 Å². The third kappa shape index (κ3) is 2.46. The lowest BCUT2D eigenvalue weighted by molar-refractivity contribution is 0.0935. The average Bonchev–Trinajstić information content (AvgIpc) is 3.03. The summed E-state index contributed by atoms with van der Waals surface area (Å²) >= 11 is 0. The molecular weight excluding hydrogens is 270 g/mol. The van der Waals surface area contributed by atoms with E-state index >= 15 is 0 Å². The van der Waals surface area contributed by atoms with Gasteiger partial charge in [-0.3, -0.25) is 9.59 Å². The predicted molar refractivity (Wildman–Crippen MR) is 75.9 cm³/mol. The molecular formula is C14H17N5O2. The van der Waals surface area contributed by atoms with Crippen LogP contribution < -0.4 is 10.7 Å². The molecule has 0 spiro atoms. The second-order valence-electron chi connectivity index (χ2n) is 5.31. The fourth-order valence-electron chi connectivity index (χ4n) is 2.59. The quantitative estimate of drug-likeness (QED) is 0.886. The topological polar surface area (TPSA) is 81.8 Å². The highest BCUT2D eigenvalue weighted by Gasteiger charge is 2.23. The lowest BCUT2D eigenvalue weighted by Gasteiger charge is -2.14. The van der Waals surface area contributed by atoms with E-state index < -0.39 is 0 Å². The first-order chi connectivity index (χ1) is 10.1. The van der Waals surface area contributed by atoms with Crippen molar-refractivity contribution in [3.63, 3.8) is 0 Å². The SMILES string of the molecule is CC(NC(=O)c1cn(C)ccc1=O)c1nnc2n1CCC2. The Hall–Kier alpha value is -2.44. The fourth-order valence-corrected chi connectivity index (χ4v) is 2.59. The summed E-state index contributed by atoms with van der Waals surface area (Å²) in [6.07, 6.45) is 5.12. The van der Waals surface area contributed by atoms with Crippen LogP contribution in [0.25, 0.3) is 0 Å².